The number of ether oxygens (including phenoxy) is 3. The molecule has 9 heteroatoms. The van der Waals surface area contributed by atoms with Crippen molar-refractivity contribution in [1.82, 2.24) is 0 Å². The van der Waals surface area contributed by atoms with Gasteiger partial charge in [-0.2, -0.15) is 0 Å². The number of rotatable bonds is 8. The van der Waals surface area contributed by atoms with Gasteiger partial charge in [-0.05, 0) is 11.6 Å². The number of carbonyl (C=O) groups is 2. The van der Waals surface area contributed by atoms with Crippen LogP contribution in [0, 0.1) is 0 Å². The molecule has 1 aromatic carbocycles. The SMILES string of the molecule is C=C(CCO)C(=O)OC[C@H]1O[C@@H](OC(=O)/C=C/c2ccccc2)[C@H](O)[C@@H](O)[C@@H]1O. The molecule has 1 fully saturated rings. The van der Waals surface area contributed by atoms with E-state index in [0.29, 0.717) is 0 Å². The maximum Gasteiger partial charge on any atom is 0.333 e. The average Bonchev–Trinajstić information content (AvgIpc) is 2.72. The number of carbonyl (C=O) groups excluding carboxylic acids is 2. The molecule has 1 heterocycles. The van der Waals surface area contributed by atoms with Crippen LogP contribution in [0.25, 0.3) is 6.08 Å². The van der Waals surface area contributed by atoms with Crippen molar-refractivity contribution in [1.29, 1.82) is 0 Å². The molecule has 29 heavy (non-hydrogen) atoms. The van der Waals surface area contributed by atoms with E-state index < -0.39 is 49.3 Å². The Morgan fingerprint density at radius 1 is 1.10 bits per heavy atom. The number of aliphatic hydroxyl groups excluding tert-OH is 4. The third kappa shape index (κ3) is 6.48. The Labute approximate surface area is 167 Å². The summed E-state index contributed by atoms with van der Waals surface area (Å²) in [5, 5.41) is 38.8. The number of aliphatic hydroxyl groups is 4. The molecule has 0 aromatic heterocycles. The van der Waals surface area contributed by atoms with Gasteiger partial charge in [0.2, 0.25) is 6.29 Å². The first-order valence-corrected chi connectivity index (χ1v) is 8.92. The number of esters is 2. The van der Waals surface area contributed by atoms with Crippen LogP contribution in [0.5, 0.6) is 0 Å². The van der Waals surface area contributed by atoms with Crippen molar-refractivity contribution in [2.45, 2.75) is 37.1 Å². The third-order valence-corrected chi connectivity index (χ3v) is 4.19. The second-order valence-electron chi connectivity index (χ2n) is 6.37. The van der Waals surface area contributed by atoms with Crippen molar-refractivity contribution in [3.05, 3.63) is 54.1 Å². The van der Waals surface area contributed by atoms with Gasteiger partial charge in [0, 0.05) is 24.7 Å². The predicted molar refractivity (Wildman–Crippen MR) is 100 cm³/mol. The Morgan fingerprint density at radius 3 is 2.45 bits per heavy atom. The van der Waals surface area contributed by atoms with Crippen molar-refractivity contribution < 1.29 is 44.2 Å². The van der Waals surface area contributed by atoms with E-state index in [1.807, 2.05) is 6.07 Å². The molecule has 1 aliphatic rings. The Kier molecular flexibility index (Phi) is 8.50. The zero-order valence-corrected chi connectivity index (χ0v) is 15.6. The highest BCUT2D eigenvalue weighted by Gasteiger charge is 2.45. The molecule has 0 bridgehead atoms. The standard InChI is InChI=1S/C20H24O9/c1-12(9-10-21)19(26)27-11-14-16(23)17(24)18(25)20(28-14)29-15(22)8-7-13-5-3-2-4-6-13/h2-8,14,16-18,20-21,23-25H,1,9-11H2/b8-7+/t14-,16-,17+,18-,20+/m1/s1. The van der Waals surface area contributed by atoms with Crippen LogP contribution < -0.4 is 0 Å². The average molecular weight is 408 g/mol. The van der Waals surface area contributed by atoms with Gasteiger partial charge >= 0.3 is 11.9 Å². The molecule has 1 saturated heterocycles. The normalized spacial score (nSPS) is 26.8. The van der Waals surface area contributed by atoms with E-state index in [4.69, 9.17) is 19.3 Å². The Bertz CT molecular complexity index is 731. The predicted octanol–water partition coefficient (Wildman–Crippen LogP) is -0.468. The number of benzene rings is 1. The third-order valence-electron chi connectivity index (χ3n) is 4.19. The minimum atomic E-state index is -1.70. The second kappa shape index (κ2) is 10.8. The van der Waals surface area contributed by atoms with E-state index in [2.05, 4.69) is 6.58 Å². The first-order valence-electron chi connectivity index (χ1n) is 8.92. The molecule has 4 N–H and O–H groups in total. The number of hydrogen-bond donors (Lipinski definition) is 4. The summed E-state index contributed by atoms with van der Waals surface area (Å²) in [4.78, 5) is 23.7. The van der Waals surface area contributed by atoms with Crippen molar-refractivity contribution in [3.63, 3.8) is 0 Å². The van der Waals surface area contributed by atoms with Gasteiger partial charge in [-0.3, -0.25) is 0 Å². The maximum atomic E-state index is 12.0. The van der Waals surface area contributed by atoms with Crippen LogP contribution >= 0.6 is 0 Å². The van der Waals surface area contributed by atoms with Crippen LogP contribution in [0.4, 0.5) is 0 Å². The summed E-state index contributed by atoms with van der Waals surface area (Å²) >= 11 is 0. The monoisotopic (exact) mass is 408 g/mol. The van der Waals surface area contributed by atoms with Gasteiger partial charge in [0.1, 0.15) is 31.0 Å². The van der Waals surface area contributed by atoms with Gasteiger partial charge in [0.05, 0.1) is 0 Å². The fourth-order valence-corrected chi connectivity index (χ4v) is 2.53. The zero-order valence-electron chi connectivity index (χ0n) is 15.6. The minimum Gasteiger partial charge on any atom is -0.459 e. The van der Waals surface area contributed by atoms with Gasteiger partial charge < -0.3 is 34.6 Å². The summed E-state index contributed by atoms with van der Waals surface area (Å²) in [6, 6.07) is 8.94. The molecule has 0 radical (unpaired) electrons. The molecular formula is C20H24O9. The van der Waals surface area contributed by atoms with E-state index in [0.717, 1.165) is 11.6 Å². The van der Waals surface area contributed by atoms with Crippen LogP contribution in [0.3, 0.4) is 0 Å². The minimum absolute atomic E-state index is 0.0161. The molecule has 0 spiro atoms. The molecule has 5 atom stereocenters. The molecule has 0 unspecified atom stereocenters. The summed E-state index contributed by atoms with van der Waals surface area (Å²) in [6.45, 7) is 2.68. The van der Waals surface area contributed by atoms with E-state index >= 15 is 0 Å². The topological polar surface area (TPSA) is 143 Å². The Balaban J connectivity index is 1.95. The van der Waals surface area contributed by atoms with Crippen LogP contribution in [0.15, 0.2) is 48.6 Å². The highest BCUT2D eigenvalue weighted by molar-refractivity contribution is 5.88. The van der Waals surface area contributed by atoms with E-state index in [1.165, 1.54) is 6.08 Å². The number of hydrogen-bond acceptors (Lipinski definition) is 9. The molecule has 1 aliphatic heterocycles. The lowest BCUT2D eigenvalue weighted by Gasteiger charge is -2.39. The highest BCUT2D eigenvalue weighted by atomic mass is 16.7. The fourth-order valence-electron chi connectivity index (χ4n) is 2.53. The van der Waals surface area contributed by atoms with E-state index in [1.54, 1.807) is 24.3 Å². The zero-order chi connectivity index (χ0) is 21.4. The van der Waals surface area contributed by atoms with Gasteiger partial charge in [0.15, 0.2) is 0 Å². The van der Waals surface area contributed by atoms with Crippen LogP contribution in [-0.4, -0.2) is 76.3 Å². The fraction of sp³-hybridized carbons (Fsp3) is 0.400. The molecule has 1 aromatic rings. The summed E-state index contributed by atoms with van der Waals surface area (Å²) in [5.74, 6) is -1.65. The van der Waals surface area contributed by atoms with Gasteiger partial charge in [-0.15, -0.1) is 0 Å². The summed E-state index contributed by atoms with van der Waals surface area (Å²) in [5.41, 5.74) is 0.769. The van der Waals surface area contributed by atoms with Gasteiger partial charge in [-0.1, -0.05) is 36.9 Å². The quantitative estimate of drug-likeness (QED) is 0.332. The Morgan fingerprint density at radius 2 is 1.79 bits per heavy atom. The molecule has 2 rings (SSSR count). The first kappa shape index (κ1) is 22.7. The second-order valence-corrected chi connectivity index (χ2v) is 6.37. The van der Waals surface area contributed by atoms with Crippen LogP contribution in [0.2, 0.25) is 0 Å². The molecule has 0 amide bonds. The summed E-state index contributed by atoms with van der Waals surface area (Å²) < 4.78 is 15.2. The highest BCUT2D eigenvalue weighted by Crippen LogP contribution is 2.23. The van der Waals surface area contributed by atoms with Crippen LogP contribution in [-0.2, 0) is 23.8 Å². The molecule has 0 aliphatic carbocycles. The van der Waals surface area contributed by atoms with Crippen molar-refractivity contribution in [3.8, 4) is 0 Å². The largest absolute Gasteiger partial charge is 0.459 e. The van der Waals surface area contributed by atoms with Crippen molar-refractivity contribution in [2.75, 3.05) is 13.2 Å². The molecular weight excluding hydrogens is 384 g/mol. The van der Waals surface area contributed by atoms with Crippen LogP contribution in [0.1, 0.15) is 12.0 Å². The van der Waals surface area contributed by atoms with E-state index in [-0.39, 0.29) is 18.6 Å². The molecule has 158 valence electrons. The Hall–Kier alpha value is -2.56. The summed E-state index contributed by atoms with van der Waals surface area (Å²) in [6.07, 6.45) is -5.17. The lowest BCUT2D eigenvalue weighted by molar-refractivity contribution is -0.291. The van der Waals surface area contributed by atoms with Gasteiger partial charge in [0.25, 0.3) is 0 Å². The van der Waals surface area contributed by atoms with Crippen molar-refractivity contribution in [2.24, 2.45) is 0 Å². The smallest absolute Gasteiger partial charge is 0.333 e. The van der Waals surface area contributed by atoms with Gasteiger partial charge in [-0.25, -0.2) is 9.59 Å². The molecule has 9 nitrogen and oxygen atoms in total. The lowest BCUT2D eigenvalue weighted by atomic mass is 9.99. The maximum absolute atomic E-state index is 12.0. The summed E-state index contributed by atoms with van der Waals surface area (Å²) in [7, 11) is 0. The first-order chi connectivity index (χ1) is 13.8. The van der Waals surface area contributed by atoms with E-state index in [9.17, 15) is 24.9 Å². The lowest BCUT2D eigenvalue weighted by Crippen LogP contribution is -2.59. The molecule has 0 saturated carbocycles. The van der Waals surface area contributed by atoms with Crippen molar-refractivity contribution >= 4 is 18.0 Å².